The highest BCUT2D eigenvalue weighted by Gasteiger charge is 2.24. The number of para-hydroxylation sites is 1. The summed E-state index contributed by atoms with van der Waals surface area (Å²) >= 11 is 0. The molecule has 1 aromatic heterocycles. The maximum absolute atomic E-state index is 12.9. The van der Waals surface area contributed by atoms with Gasteiger partial charge in [-0.2, -0.15) is 0 Å². The number of piperidine rings is 1. The fourth-order valence-corrected chi connectivity index (χ4v) is 3.68. The Morgan fingerprint density at radius 1 is 1.17 bits per heavy atom. The molecule has 1 unspecified atom stereocenters. The Morgan fingerprint density at radius 2 is 1.90 bits per heavy atom. The molecule has 3 amide bonds. The number of nitrogens with one attached hydrogen (secondary N) is 1. The minimum atomic E-state index is -0.172. The van der Waals surface area contributed by atoms with Crippen LogP contribution in [0.5, 0.6) is 0 Å². The van der Waals surface area contributed by atoms with Crippen LogP contribution in [0.1, 0.15) is 42.3 Å². The molecule has 29 heavy (non-hydrogen) atoms. The molecule has 7 heteroatoms. The van der Waals surface area contributed by atoms with E-state index in [0.29, 0.717) is 50.2 Å². The van der Waals surface area contributed by atoms with E-state index < -0.39 is 0 Å². The lowest BCUT2D eigenvalue weighted by molar-refractivity contribution is -0.132. The zero-order valence-corrected chi connectivity index (χ0v) is 17.4. The number of likely N-dealkylation sites (N-methyl/N-ethyl adjacent to an activating group) is 2. The zero-order chi connectivity index (χ0) is 21.0. The predicted octanol–water partition coefficient (Wildman–Crippen LogP) is 2.44. The third-order valence-electron chi connectivity index (χ3n) is 5.62. The van der Waals surface area contributed by atoms with Gasteiger partial charge in [-0.25, -0.2) is 0 Å². The molecule has 1 atom stereocenters. The van der Waals surface area contributed by atoms with Gasteiger partial charge in [0.15, 0.2) is 5.76 Å². The van der Waals surface area contributed by atoms with Crippen LogP contribution in [0.4, 0.5) is 0 Å². The van der Waals surface area contributed by atoms with E-state index in [1.807, 2.05) is 31.2 Å². The summed E-state index contributed by atoms with van der Waals surface area (Å²) in [4.78, 5) is 39.9. The molecule has 0 radical (unpaired) electrons. The first-order valence-electron chi connectivity index (χ1n) is 10.2. The number of fused-ring (bicyclic) bond motifs is 1. The van der Waals surface area contributed by atoms with E-state index in [1.54, 1.807) is 23.9 Å². The fourth-order valence-electron chi connectivity index (χ4n) is 3.68. The summed E-state index contributed by atoms with van der Waals surface area (Å²) in [5.41, 5.74) is 1.63. The van der Waals surface area contributed by atoms with Crippen LogP contribution in [0.25, 0.3) is 11.0 Å². The number of hydrogen-bond acceptors (Lipinski definition) is 4. The molecule has 0 spiro atoms. The van der Waals surface area contributed by atoms with Crippen molar-refractivity contribution in [3.8, 4) is 0 Å². The van der Waals surface area contributed by atoms with Gasteiger partial charge in [0.2, 0.25) is 11.8 Å². The highest BCUT2D eigenvalue weighted by atomic mass is 16.3. The lowest BCUT2D eigenvalue weighted by Gasteiger charge is -2.26. The van der Waals surface area contributed by atoms with Crippen molar-refractivity contribution in [2.45, 2.75) is 32.6 Å². The van der Waals surface area contributed by atoms with Crippen LogP contribution in [0.2, 0.25) is 0 Å². The van der Waals surface area contributed by atoms with Crippen LogP contribution in [0.3, 0.4) is 0 Å². The Labute approximate surface area is 171 Å². The van der Waals surface area contributed by atoms with Gasteiger partial charge in [0.1, 0.15) is 5.58 Å². The lowest BCUT2D eigenvalue weighted by Crippen LogP contribution is -2.40. The van der Waals surface area contributed by atoms with Gasteiger partial charge in [-0.15, -0.1) is 0 Å². The Kier molecular flexibility index (Phi) is 6.56. The summed E-state index contributed by atoms with van der Waals surface area (Å²) in [6, 6.07) is 7.66. The number of carbonyl (C=O) groups is 3. The predicted molar refractivity (Wildman–Crippen MR) is 111 cm³/mol. The molecule has 1 aromatic carbocycles. The minimum Gasteiger partial charge on any atom is -0.451 e. The minimum absolute atomic E-state index is 0.0324. The normalized spacial score (nSPS) is 16.5. The van der Waals surface area contributed by atoms with Crippen LogP contribution < -0.4 is 5.32 Å². The van der Waals surface area contributed by atoms with Gasteiger partial charge >= 0.3 is 0 Å². The number of benzene rings is 1. The summed E-state index contributed by atoms with van der Waals surface area (Å²) in [6.45, 7) is 3.43. The van der Waals surface area contributed by atoms with Crippen LogP contribution >= 0.6 is 0 Å². The van der Waals surface area contributed by atoms with Crippen LogP contribution in [0, 0.1) is 5.92 Å². The van der Waals surface area contributed by atoms with Crippen molar-refractivity contribution >= 4 is 28.7 Å². The first kappa shape index (κ1) is 20.9. The zero-order valence-electron chi connectivity index (χ0n) is 17.4. The molecule has 2 heterocycles. The third kappa shape index (κ3) is 4.78. The van der Waals surface area contributed by atoms with Gasteiger partial charge in [-0.3, -0.25) is 14.4 Å². The van der Waals surface area contributed by atoms with Gasteiger partial charge in [0, 0.05) is 57.5 Å². The second-order valence-corrected chi connectivity index (χ2v) is 7.71. The molecule has 1 fully saturated rings. The van der Waals surface area contributed by atoms with Crippen molar-refractivity contribution < 1.29 is 18.8 Å². The Balaban J connectivity index is 1.56. The first-order valence-corrected chi connectivity index (χ1v) is 10.2. The Hall–Kier alpha value is -2.83. The highest BCUT2D eigenvalue weighted by molar-refractivity contribution is 5.99. The Morgan fingerprint density at radius 3 is 2.59 bits per heavy atom. The van der Waals surface area contributed by atoms with Crippen LogP contribution in [0.15, 0.2) is 28.7 Å². The van der Waals surface area contributed by atoms with Crippen molar-refractivity contribution in [3.63, 3.8) is 0 Å². The van der Waals surface area contributed by atoms with Gasteiger partial charge in [-0.1, -0.05) is 25.1 Å². The Bertz CT molecular complexity index is 895. The second-order valence-electron chi connectivity index (χ2n) is 7.71. The van der Waals surface area contributed by atoms with Crippen LogP contribution in [-0.4, -0.2) is 61.3 Å². The molecule has 2 aromatic rings. The molecule has 0 aliphatic carbocycles. The van der Waals surface area contributed by atoms with Crippen molar-refractivity contribution in [1.82, 2.24) is 15.1 Å². The number of nitrogens with zero attached hydrogens (tertiary/aromatic N) is 2. The number of hydrogen-bond donors (Lipinski definition) is 1. The number of furan rings is 1. The second kappa shape index (κ2) is 9.11. The average molecular weight is 399 g/mol. The van der Waals surface area contributed by atoms with Crippen molar-refractivity contribution in [2.75, 3.05) is 33.7 Å². The lowest BCUT2D eigenvalue weighted by atomic mass is 9.95. The molecule has 1 aliphatic heterocycles. The van der Waals surface area contributed by atoms with Gasteiger partial charge in [0.25, 0.3) is 5.91 Å². The van der Waals surface area contributed by atoms with E-state index in [2.05, 4.69) is 5.32 Å². The maximum atomic E-state index is 12.9. The van der Waals surface area contributed by atoms with E-state index in [4.69, 9.17) is 4.42 Å². The molecule has 0 bridgehead atoms. The molecule has 1 saturated heterocycles. The molecule has 3 rings (SSSR count). The third-order valence-corrected chi connectivity index (χ3v) is 5.62. The topological polar surface area (TPSA) is 82.9 Å². The smallest absolute Gasteiger partial charge is 0.289 e. The van der Waals surface area contributed by atoms with Gasteiger partial charge < -0.3 is 19.5 Å². The van der Waals surface area contributed by atoms with E-state index in [9.17, 15) is 14.4 Å². The average Bonchev–Trinajstić information content (AvgIpc) is 3.11. The summed E-state index contributed by atoms with van der Waals surface area (Å²) in [6.07, 6.45) is 2.35. The molecular formula is C22H29N3O4. The van der Waals surface area contributed by atoms with E-state index in [0.717, 1.165) is 17.4 Å². The fraction of sp³-hybridized carbons (Fsp3) is 0.500. The summed E-state index contributed by atoms with van der Waals surface area (Å²) in [5, 5.41) is 3.78. The molecule has 156 valence electrons. The van der Waals surface area contributed by atoms with Crippen molar-refractivity contribution in [1.29, 1.82) is 0 Å². The quantitative estimate of drug-likeness (QED) is 0.775. The summed E-state index contributed by atoms with van der Waals surface area (Å²) < 4.78 is 5.83. The van der Waals surface area contributed by atoms with Crippen LogP contribution in [-0.2, 0) is 16.0 Å². The molecule has 7 nitrogen and oxygen atoms in total. The maximum Gasteiger partial charge on any atom is 0.289 e. The monoisotopic (exact) mass is 399 g/mol. The van der Waals surface area contributed by atoms with Crippen molar-refractivity contribution in [3.05, 3.63) is 35.6 Å². The first-order chi connectivity index (χ1) is 13.9. The largest absolute Gasteiger partial charge is 0.451 e. The number of rotatable bonds is 7. The number of amides is 3. The number of carbonyl (C=O) groups excluding carboxylic acids is 3. The van der Waals surface area contributed by atoms with E-state index in [1.165, 1.54) is 0 Å². The summed E-state index contributed by atoms with van der Waals surface area (Å²) in [7, 11) is 3.48. The van der Waals surface area contributed by atoms with E-state index in [-0.39, 0.29) is 23.6 Å². The summed E-state index contributed by atoms with van der Waals surface area (Å²) in [5.74, 6) is 0.478. The molecule has 1 aliphatic rings. The van der Waals surface area contributed by atoms with Gasteiger partial charge in [0.05, 0.1) is 0 Å². The SMILES string of the molecule is CCc1c(C(=O)N(C)CCN(C)C(=O)CC2CCC(=O)NC2)oc2ccccc12. The van der Waals surface area contributed by atoms with Gasteiger partial charge in [-0.05, 0) is 24.8 Å². The number of aryl methyl sites for hydroxylation is 1. The standard InChI is InChI=1S/C22H29N3O4/c1-4-16-17-7-5-6-8-18(17)29-21(16)22(28)25(3)12-11-24(2)20(27)13-15-9-10-19(26)23-14-15/h5-8,15H,4,9-14H2,1-3H3,(H,23,26). The molecular weight excluding hydrogens is 370 g/mol. The molecule has 0 saturated carbocycles. The van der Waals surface area contributed by atoms with E-state index >= 15 is 0 Å². The van der Waals surface area contributed by atoms with Crippen molar-refractivity contribution in [2.24, 2.45) is 5.92 Å². The molecule has 1 N–H and O–H groups in total. The highest BCUT2D eigenvalue weighted by Crippen LogP contribution is 2.27.